The molecule has 0 amide bonds. The Balaban J connectivity index is 1.90. The molecule has 1 aromatic heterocycles. The molecule has 0 spiro atoms. The van der Waals surface area contributed by atoms with Gasteiger partial charge >= 0.3 is 5.97 Å². The van der Waals surface area contributed by atoms with Crippen LogP contribution in [0.3, 0.4) is 0 Å². The fourth-order valence-corrected chi connectivity index (χ4v) is 2.42. The first-order valence-corrected chi connectivity index (χ1v) is 7.93. The lowest BCUT2D eigenvalue weighted by atomic mass is 10.00. The molecule has 0 N–H and O–H groups in total. The van der Waals surface area contributed by atoms with Crippen molar-refractivity contribution in [3.05, 3.63) is 101 Å². The van der Waals surface area contributed by atoms with E-state index in [-0.39, 0.29) is 5.78 Å². The van der Waals surface area contributed by atoms with Crippen molar-refractivity contribution >= 4 is 11.8 Å². The van der Waals surface area contributed by atoms with E-state index in [4.69, 9.17) is 4.74 Å². The van der Waals surface area contributed by atoms with E-state index in [0.717, 1.165) is 5.69 Å². The van der Waals surface area contributed by atoms with Gasteiger partial charge in [-0.05, 0) is 19.1 Å². The number of hydrogen-bond donors (Lipinski definition) is 0. The van der Waals surface area contributed by atoms with Crippen LogP contribution in [-0.2, 0) is 4.74 Å². The van der Waals surface area contributed by atoms with Crippen LogP contribution in [0.15, 0.2) is 79.0 Å². The average molecular weight is 331 g/mol. The second kappa shape index (κ2) is 7.53. The molecule has 1 atom stereocenters. The summed E-state index contributed by atoms with van der Waals surface area (Å²) in [6.07, 6.45) is 0.449. The zero-order valence-corrected chi connectivity index (χ0v) is 13.8. The zero-order chi connectivity index (χ0) is 17.6. The van der Waals surface area contributed by atoms with E-state index < -0.39 is 12.1 Å². The summed E-state index contributed by atoms with van der Waals surface area (Å²) in [4.78, 5) is 29.4. The van der Waals surface area contributed by atoms with E-state index in [1.165, 1.54) is 6.20 Å². The summed E-state index contributed by atoms with van der Waals surface area (Å²) in [5.41, 5.74) is 2.24. The highest BCUT2D eigenvalue weighted by Crippen LogP contribution is 2.24. The molecule has 2 aromatic carbocycles. The molecule has 0 fully saturated rings. The Bertz CT molecular complexity index is 859. The van der Waals surface area contributed by atoms with Crippen molar-refractivity contribution in [2.75, 3.05) is 0 Å². The maximum absolute atomic E-state index is 12.9. The standard InChI is InChI=1S/C21H17NO3/c1-15-12-13-18(14-22-15)21(24)25-20(17-10-6-3-7-11-17)19(23)16-8-4-2-5-9-16/h2-14,20H,1H3. The lowest BCUT2D eigenvalue weighted by molar-refractivity contribution is 0.0279. The SMILES string of the molecule is Cc1ccc(C(=O)OC(C(=O)c2ccccc2)c2ccccc2)cn1. The summed E-state index contributed by atoms with van der Waals surface area (Å²) >= 11 is 0. The molecule has 0 radical (unpaired) electrons. The zero-order valence-electron chi connectivity index (χ0n) is 13.8. The number of carbonyl (C=O) groups excluding carboxylic acids is 2. The minimum absolute atomic E-state index is 0.264. The van der Waals surface area contributed by atoms with Crippen LogP contribution in [-0.4, -0.2) is 16.7 Å². The quantitative estimate of drug-likeness (QED) is 0.520. The van der Waals surface area contributed by atoms with E-state index in [1.54, 1.807) is 48.5 Å². The van der Waals surface area contributed by atoms with Gasteiger partial charge in [0.15, 0.2) is 6.10 Å². The predicted octanol–water partition coefficient (Wildman–Crippen LogP) is 4.17. The van der Waals surface area contributed by atoms with Crippen molar-refractivity contribution in [2.24, 2.45) is 0 Å². The van der Waals surface area contributed by atoms with Crippen LogP contribution in [0.25, 0.3) is 0 Å². The lowest BCUT2D eigenvalue weighted by Crippen LogP contribution is -2.20. The van der Waals surface area contributed by atoms with Gasteiger partial charge in [-0.1, -0.05) is 60.7 Å². The normalized spacial score (nSPS) is 11.6. The van der Waals surface area contributed by atoms with E-state index in [1.807, 2.05) is 31.2 Å². The molecular weight excluding hydrogens is 314 g/mol. The van der Waals surface area contributed by atoms with Crippen LogP contribution in [0.2, 0.25) is 0 Å². The minimum atomic E-state index is -1.00. The van der Waals surface area contributed by atoms with Crippen LogP contribution < -0.4 is 0 Å². The van der Waals surface area contributed by atoms with Crippen molar-refractivity contribution in [1.29, 1.82) is 0 Å². The molecule has 0 aliphatic carbocycles. The maximum Gasteiger partial charge on any atom is 0.340 e. The van der Waals surface area contributed by atoms with E-state index in [2.05, 4.69) is 4.98 Å². The Hall–Kier alpha value is -3.27. The van der Waals surface area contributed by atoms with Crippen LogP contribution in [0, 0.1) is 6.92 Å². The van der Waals surface area contributed by atoms with Crippen LogP contribution >= 0.6 is 0 Å². The van der Waals surface area contributed by atoms with Gasteiger partial charge in [-0.3, -0.25) is 9.78 Å². The third-order valence-electron chi connectivity index (χ3n) is 3.77. The van der Waals surface area contributed by atoms with Gasteiger partial charge in [0, 0.05) is 23.0 Å². The molecule has 124 valence electrons. The number of esters is 1. The number of nitrogens with zero attached hydrogens (tertiary/aromatic N) is 1. The van der Waals surface area contributed by atoms with E-state index in [9.17, 15) is 9.59 Å². The second-order valence-electron chi connectivity index (χ2n) is 5.61. The molecule has 4 heteroatoms. The Kier molecular flexibility index (Phi) is 5.00. The van der Waals surface area contributed by atoms with Gasteiger partial charge in [0.1, 0.15) is 0 Å². The van der Waals surface area contributed by atoms with Gasteiger partial charge < -0.3 is 4.74 Å². The van der Waals surface area contributed by atoms with Gasteiger partial charge in [-0.25, -0.2) is 4.79 Å². The summed E-state index contributed by atoms with van der Waals surface area (Å²) < 4.78 is 5.55. The Morgan fingerprint density at radius 3 is 2.08 bits per heavy atom. The van der Waals surface area contributed by atoms with Crippen molar-refractivity contribution in [3.63, 3.8) is 0 Å². The average Bonchev–Trinajstić information content (AvgIpc) is 2.67. The van der Waals surface area contributed by atoms with Gasteiger partial charge in [0.2, 0.25) is 5.78 Å². The van der Waals surface area contributed by atoms with Crippen LogP contribution in [0.1, 0.15) is 38.1 Å². The van der Waals surface area contributed by atoms with Crippen LogP contribution in [0.4, 0.5) is 0 Å². The molecule has 3 rings (SSSR count). The molecular formula is C21H17NO3. The van der Waals surface area contributed by atoms with Gasteiger partial charge in [0.05, 0.1) is 5.56 Å². The molecule has 1 heterocycles. The molecule has 1 unspecified atom stereocenters. The lowest BCUT2D eigenvalue weighted by Gasteiger charge is -2.17. The number of hydrogen-bond acceptors (Lipinski definition) is 4. The number of ketones is 1. The molecule has 0 saturated carbocycles. The highest BCUT2D eigenvalue weighted by molar-refractivity contribution is 6.02. The molecule has 0 saturated heterocycles. The predicted molar refractivity (Wildman–Crippen MR) is 94.3 cm³/mol. The summed E-state index contributed by atoms with van der Waals surface area (Å²) in [5.74, 6) is -0.842. The number of carbonyl (C=O) groups is 2. The van der Waals surface area contributed by atoms with Crippen molar-refractivity contribution in [3.8, 4) is 0 Å². The fourth-order valence-electron chi connectivity index (χ4n) is 2.42. The number of aryl methyl sites for hydroxylation is 1. The third kappa shape index (κ3) is 3.98. The minimum Gasteiger partial charge on any atom is -0.445 e. The Labute approximate surface area is 146 Å². The van der Waals surface area contributed by atoms with E-state index in [0.29, 0.717) is 16.7 Å². The molecule has 25 heavy (non-hydrogen) atoms. The molecule has 0 bridgehead atoms. The Morgan fingerprint density at radius 2 is 1.48 bits per heavy atom. The molecule has 3 aromatic rings. The molecule has 0 aliphatic heterocycles. The summed E-state index contributed by atoms with van der Waals surface area (Å²) in [7, 11) is 0. The van der Waals surface area contributed by atoms with Gasteiger partial charge in [0.25, 0.3) is 0 Å². The number of rotatable bonds is 5. The smallest absolute Gasteiger partial charge is 0.340 e. The van der Waals surface area contributed by atoms with Crippen LogP contribution in [0.5, 0.6) is 0 Å². The van der Waals surface area contributed by atoms with Gasteiger partial charge in [-0.2, -0.15) is 0 Å². The number of benzene rings is 2. The highest BCUT2D eigenvalue weighted by Gasteiger charge is 2.26. The first-order valence-electron chi connectivity index (χ1n) is 7.93. The second-order valence-corrected chi connectivity index (χ2v) is 5.61. The topological polar surface area (TPSA) is 56.3 Å². The molecule has 4 nitrogen and oxygen atoms in total. The highest BCUT2D eigenvalue weighted by atomic mass is 16.5. The van der Waals surface area contributed by atoms with Gasteiger partial charge in [-0.15, -0.1) is 0 Å². The Morgan fingerprint density at radius 1 is 0.840 bits per heavy atom. The van der Waals surface area contributed by atoms with E-state index >= 15 is 0 Å². The summed E-state index contributed by atoms with van der Waals surface area (Å²) in [6.45, 7) is 1.83. The van der Waals surface area contributed by atoms with Crippen molar-refractivity contribution in [1.82, 2.24) is 4.98 Å². The largest absolute Gasteiger partial charge is 0.445 e. The summed E-state index contributed by atoms with van der Waals surface area (Å²) in [5, 5.41) is 0. The number of Topliss-reactive ketones (excluding diaryl/α,β-unsaturated/α-hetero) is 1. The van der Waals surface area contributed by atoms with Crippen molar-refractivity contribution in [2.45, 2.75) is 13.0 Å². The fraction of sp³-hybridized carbons (Fsp3) is 0.0952. The maximum atomic E-state index is 12.9. The first-order chi connectivity index (χ1) is 12.1. The first kappa shape index (κ1) is 16.6. The third-order valence-corrected chi connectivity index (χ3v) is 3.77. The number of pyridine rings is 1. The number of ether oxygens (including phenoxy) is 1. The number of aromatic nitrogens is 1. The summed E-state index contributed by atoms with van der Waals surface area (Å²) in [6, 6.07) is 21.2. The monoisotopic (exact) mass is 331 g/mol. The van der Waals surface area contributed by atoms with Crippen molar-refractivity contribution < 1.29 is 14.3 Å². The molecule has 0 aliphatic rings.